The van der Waals surface area contributed by atoms with Gasteiger partial charge in [-0.3, -0.25) is 9.80 Å². The molecule has 106 valence electrons. The van der Waals surface area contributed by atoms with Gasteiger partial charge in [-0.15, -0.1) is 0 Å². The monoisotopic (exact) mass is 255 g/mol. The summed E-state index contributed by atoms with van der Waals surface area (Å²) in [7, 11) is 0. The van der Waals surface area contributed by atoms with Gasteiger partial charge in [0.25, 0.3) is 0 Å². The van der Waals surface area contributed by atoms with E-state index in [0.717, 1.165) is 32.7 Å². The van der Waals surface area contributed by atoms with Crippen LogP contribution in [-0.4, -0.2) is 65.8 Å². The van der Waals surface area contributed by atoms with Crippen molar-refractivity contribution in [2.75, 3.05) is 39.3 Å². The second kappa shape index (κ2) is 5.87. The van der Waals surface area contributed by atoms with E-state index in [1.54, 1.807) is 0 Å². The zero-order valence-electron chi connectivity index (χ0n) is 11.9. The summed E-state index contributed by atoms with van der Waals surface area (Å²) in [4.78, 5) is 5.00. The molecule has 0 aromatic rings. The molecule has 0 spiro atoms. The van der Waals surface area contributed by atoms with Crippen LogP contribution in [0, 0.1) is 5.92 Å². The Morgan fingerprint density at radius 3 is 2.33 bits per heavy atom. The second-order valence-electron chi connectivity index (χ2n) is 6.23. The van der Waals surface area contributed by atoms with Gasteiger partial charge in [0.15, 0.2) is 0 Å². The quantitative estimate of drug-likeness (QED) is 0.726. The van der Waals surface area contributed by atoms with E-state index in [1.165, 1.54) is 19.3 Å². The van der Waals surface area contributed by atoms with Crippen LogP contribution in [0.4, 0.5) is 0 Å². The van der Waals surface area contributed by atoms with E-state index in [9.17, 15) is 5.11 Å². The van der Waals surface area contributed by atoms with E-state index in [4.69, 9.17) is 5.73 Å². The van der Waals surface area contributed by atoms with Gasteiger partial charge in [-0.25, -0.2) is 0 Å². The van der Waals surface area contributed by atoms with Crippen LogP contribution < -0.4 is 5.73 Å². The Balaban J connectivity index is 1.79. The first kappa shape index (κ1) is 14.3. The number of aliphatic hydroxyl groups excluding tert-OH is 1. The van der Waals surface area contributed by atoms with E-state index in [0.29, 0.717) is 12.0 Å². The maximum Gasteiger partial charge on any atom is 0.0626 e. The number of nitrogens with two attached hydrogens (primary N) is 1. The fourth-order valence-electron chi connectivity index (χ4n) is 3.00. The summed E-state index contributed by atoms with van der Waals surface area (Å²) in [5, 5.41) is 9.54. The van der Waals surface area contributed by atoms with E-state index in [1.807, 2.05) is 0 Å². The third-order valence-electron chi connectivity index (χ3n) is 4.82. The van der Waals surface area contributed by atoms with Crippen LogP contribution in [0.25, 0.3) is 0 Å². The van der Waals surface area contributed by atoms with Gasteiger partial charge in [0, 0.05) is 38.8 Å². The molecule has 2 rings (SSSR count). The lowest BCUT2D eigenvalue weighted by atomic mass is 9.94. The topological polar surface area (TPSA) is 52.7 Å². The summed E-state index contributed by atoms with van der Waals surface area (Å²) in [5.41, 5.74) is 6.00. The number of nitrogens with zero attached hydrogens (tertiary/aromatic N) is 2. The first-order valence-corrected chi connectivity index (χ1v) is 7.45. The Kier molecular flexibility index (Phi) is 4.64. The van der Waals surface area contributed by atoms with E-state index < -0.39 is 0 Å². The minimum absolute atomic E-state index is 0.128. The van der Waals surface area contributed by atoms with Crippen molar-refractivity contribution in [1.29, 1.82) is 0 Å². The van der Waals surface area contributed by atoms with Crippen molar-refractivity contribution in [2.24, 2.45) is 11.7 Å². The second-order valence-corrected chi connectivity index (χ2v) is 6.23. The Hall–Kier alpha value is -0.160. The molecule has 0 amide bonds. The molecule has 18 heavy (non-hydrogen) atoms. The number of hydrogen-bond acceptors (Lipinski definition) is 4. The van der Waals surface area contributed by atoms with Crippen LogP contribution in [0.2, 0.25) is 0 Å². The summed E-state index contributed by atoms with van der Waals surface area (Å²) in [5.74, 6) is 0.551. The molecule has 1 heterocycles. The first-order valence-electron chi connectivity index (χ1n) is 7.45. The Labute approximate surface area is 111 Å². The summed E-state index contributed by atoms with van der Waals surface area (Å²) in [6, 6.07) is 0.691. The van der Waals surface area contributed by atoms with Gasteiger partial charge in [-0.1, -0.05) is 6.92 Å². The molecule has 2 atom stereocenters. The Bertz CT molecular complexity index is 262. The zero-order chi connectivity index (χ0) is 13.2. The van der Waals surface area contributed by atoms with Crippen LogP contribution in [0.3, 0.4) is 0 Å². The molecule has 1 saturated heterocycles. The van der Waals surface area contributed by atoms with Crippen molar-refractivity contribution < 1.29 is 5.11 Å². The highest BCUT2D eigenvalue weighted by Crippen LogP contribution is 2.38. The molecule has 3 N–H and O–H groups in total. The molecule has 0 aromatic carbocycles. The summed E-state index contributed by atoms with van der Waals surface area (Å²) >= 11 is 0. The maximum atomic E-state index is 9.54. The molecule has 0 radical (unpaired) electrons. The predicted molar refractivity (Wildman–Crippen MR) is 74.5 cm³/mol. The smallest absolute Gasteiger partial charge is 0.0626 e. The van der Waals surface area contributed by atoms with Gasteiger partial charge < -0.3 is 10.8 Å². The summed E-state index contributed by atoms with van der Waals surface area (Å²) in [6.45, 7) is 10.0. The third-order valence-corrected chi connectivity index (χ3v) is 4.82. The summed E-state index contributed by atoms with van der Waals surface area (Å²) < 4.78 is 0. The minimum atomic E-state index is -0.349. The van der Waals surface area contributed by atoms with Gasteiger partial charge in [-0.05, 0) is 32.1 Å². The highest BCUT2D eigenvalue weighted by Gasteiger charge is 2.43. The molecule has 1 aliphatic carbocycles. The lowest BCUT2D eigenvalue weighted by Gasteiger charge is -2.41. The molecule has 2 unspecified atom stereocenters. The van der Waals surface area contributed by atoms with E-state index in [2.05, 4.69) is 23.6 Å². The first-order chi connectivity index (χ1) is 8.59. The SMILES string of the molecule is CCC(C)N1CCN(CC(N)(CO)C2CC2)CC1. The average molecular weight is 255 g/mol. The molecule has 1 saturated carbocycles. The average Bonchev–Trinajstić information content (AvgIpc) is 3.23. The highest BCUT2D eigenvalue weighted by atomic mass is 16.3. The van der Waals surface area contributed by atoms with Crippen LogP contribution in [0.15, 0.2) is 0 Å². The van der Waals surface area contributed by atoms with Crippen LogP contribution in [0.1, 0.15) is 33.1 Å². The zero-order valence-corrected chi connectivity index (χ0v) is 11.9. The highest BCUT2D eigenvalue weighted by molar-refractivity contribution is 5.00. The summed E-state index contributed by atoms with van der Waals surface area (Å²) in [6.07, 6.45) is 3.62. The van der Waals surface area contributed by atoms with Gasteiger partial charge in [0.1, 0.15) is 0 Å². The number of rotatable bonds is 6. The molecular formula is C14H29N3O. The number of piperazine rings is 1. The lowest BCUT2D eigenvalue weighted by molar-refractivity contribution is 0.0635. The molecule has 2 aliphatic rings. The fraction of sp³-hybridized carbons (Fsp3) is 1.00. The largest absolute Gasteiger partial charge is 0.394 e. The normalized spacial score (nSPS) is 28.0. The predicted octanol–water partition coefficient (Wildman–Crippen LogP) is 0.502. The van der Waals surface area contributed by atoms with Crippen molar-refractivity contribution in [3.63, 3.8) is 0 Å². The molecule has 4 heteroatoms. The standard InChI is InChI=1S/C14H29N3O/c1-3-12(2)17-8-6-16(7-9-17)10-14(15,11-18)13-4-5-13/h12-13,18H,3-11,15H2,1-2H3. The third kappa shape index (κ3) is 3.23. The molecule has 4 nitrogen and oxygen atoms in total. The molecule has 2 fully saturated rings. The minimum Gasteiger partial charge on any atom is -0.394 e. The van der Waals surface area contributed by atoms with Gasteiger partial charge in [-0.2, -0.15) is 0 Å². The van der Waals surface area contributed by atoms with Gasteiger partial charge in [0.2, 0.25) is 0 Å². The van der Waals surface area contributed by atoms with Crippen molar-refractivity contribution in [1.82, 2.24) is 9.80 Å². The van der Waals surface area contributed by atoms with Gasteiger partial charge in [0.05, 0.1) is 12.1 Å². The van der Waals surface area contributed by atoms with Crippen LogP contribution >= 0.6 is 0 Å². The van der Waals surface area contributed by atoms with E-state index in [-0.39, 0.29) is 12.1 Å². The van der Waals surface area contributed by atoms with E-state index >= 15 is 0 Å². The fourth-order valence-corrected chi connectivity index (χ4v) is 3.00. The molecule has 0 aromatic heterocycles. The molecule has 0 bridgehead atoms. The number of hydrogen-bond donors (Lipinski definition) is 2. The molecular weight excluding hydrogens is 226 g/mol. The molecule has 1 aliphatic heterocycles. The van der Waals surface area contributed by atoms with Crippen LogP contribution in [0.5, 0.6) is 0 Å². The van der Waals surface area contributed by atoms with Crippen molar-refractivity contribution in [2.45, 2.75) is 44.7 Å². The van der Waals surface area contributed by atoms with Crippen molar-refractivity contribution in [3.8, 4) is 0 Å². The van der Waals surface area contributed by atoms with Crippen LogP contribution in [-0.2, 0) is 0 Å². The Morgan fingerprint density at radius 2 is 1.89 bits per heavy atom. The van der Waals surface area contributed by atoms with Gasteiger partial charge >= 0.3 is 0 Å². The number of aliphatic hydroxyl groups is 1. The van der Waals surface area contributed by atoms with Crippen molar-refractivity contribution >= 4 is 0 Å². The lowest BCUT2D eigenvalue weighted by Crippen LogP contribution is -2.59. The van der Waals surface area contributed by atoms with Crippen molar-refractivity contribution in [3.05, 3.63) is 0 Å². The maximum absolute atomic E-state index is 9.54. The Morgan fingerprint density at radius 1 is 1.28 bits per heavy atom.